The van der Waals surface area contributed by atoms with Crippen LogP contribution in [0.15, 0.2) is 47.6 Å². The van der Waals surface area contributed by atoms with Crippen molar-refractivity contribution < 1.29 is 4.92 Å². The molecule has 1 aliphatic rings. The van der Waals surface area contributed by atoms with Crippen molar-refractivity contribution in [2.45, 2.75) is 49.1 Å². The van der Waals surface area contributed by atoms with E-state index in [2.05, 4.69) is 14.8 Å². The minimum absolute atomic E-state index is 0.0915. The van der Waals surface area contributed by atoms with Gasteiger partial charge < -0.3 is 0 Å². The highest BCUT2D eigenvalue weighted by atomic mass is 35.5. The van der Waals surface area contributed by atoms with Gasteiger partial charge in [-0.05, 0) is 36.6 Å². The summed E-state index contributed by atoms with van der Waals surface area (Å²) in [6.07, 6.45) is 5.79. The Kier molecular flexibility index (Phi) is 6.61. The van der Waals surface area contributed by atoms with Crippen LogP contribution in [-0.2, 0) is 5.75 Å². The summed E-state index contributed by atoms with van der Waals surface area (Å²) in [5.74, 6) is 1.41. The van der Waals surface area contributed by atoms with Crippen molar-refractivity contribution in [1.29, 1.82) is 0 Å². The summed E-state index contributed by atoms with van der Waals surface area (Å²) in [5.41, 5.74) is 1.91. The van der Waals surface area contributed by atoms with E-state index in [0.717, 1.165) is 34.9 Å². The molecule has 0 bridgehead atoms. The molecule has 0 amide bonds. The molecule has 6 nitrogen and oxygen atoms in total. The fourth-order valence-corrected chi connectivity index (χ4v) is 5.21. The van der Waals surface area contributed by atoms with Crippen molar-refractivity contribution in [3.8, 4) is 11.4 Å². The van der Waals surface area contributed by atoms with E-state index in [0.29, 0.717) is 21.8 Å². The summed E-state index contributed by atoms with van der Waals surface area (Å²) in [4.78, 5) is 10.5. The second-order valence-electron chi connectivity index (χ2n) is 7.30. The highest BCUT2D eigenvalue weighted by Gasteiger charge is 2.25. The number of nitro groups is 1. The molecule has 9 heteroatoms. The van der Waals surface area contributed by atoms with E-state index < -0.39 is 4.92 Å². The molecule has 0 unspecified atom stereocenters. The smallest absolute Gasteiger partial charge is 0.269 e. The van der Waals surface area contributed by atoms with E-state index in [1.807, 2.05) is 12.1 Å². The van der Waals surface area contributed by atoms with Crippen molar-refractivity contribution in [3.63, 3.8) is 0 Å². The van der Waals surface area contributed by atoms with Crippen LogP contribution < -0.4 is 0 Å². The summed E-state index contributed by atoms with van der Waals surface area (Å²) in [6, 6.07) is 12.4. The molecule has 4 rings (SSSR count). The number of thioether (sulfide) groups is 1. The summed E-state index contributed by atoms with van der Waals surface area (Å²) in [5, 5.41) is 21.8. The lowest BCUT2D eigenvalue weighted by molar-refractivity contribution is -0.384. The molecule has 30 heavy (non-hydrogen) atoms. The largest absolute Gasteiger partial charge is 0.299 e. The second-order valence-corrected chi connectivity index (χ2v) is 9.09. The summed E-state index contributed by atoms with van der Waals surface area (Å²) in [6.45, 7) is 0. The first-order valence-corrected chi connectivity index (χ1v) is 11.5. The molecule has 1 aromatic heterocycles. The van der Waals surface area contributed by atoms with Gasteiger partial charge >= 0.3 is 0 Å². The van der Waals surface area contributed by atoms with Crippen LogP contribution in [-0.4, -0.2) is 19.7 Å². The van der Waals surface area contributed by atoms with Gasteiger partial charge in [-0.25, -0.2) is 0 Å². The van der Waals surface area contributed by atoms with Crippen LogP contribution in [0.5, 0.6) is 0 Å². The number of nitro benzene ring substituents is 1. The predicted molar refractivity (Wildman–Crippen MR) is 120 cm³/mol. The third-order valence-corrected chi connectivity index (χ3v) is 6.85. The number of rotatable bonds is 6. The molecular weight excluding hydrogens is 443 g/mol. The van der Waals surface area contributed by atoms with E-state index >= 15 is 0 Å². The quantitative estimate of drug-likeness (QED) is 0.225. The molecule has 156 valence electrons. The van der Waals surface area contributed by atoms with Crippen LogP contribution >= 0.6 is 35.0 Å². The highest BCUT2D eigenvalue weighted by molar-refractivity contribution is 7.98. The number of non-ortho nitro benzene ring substituents is 1. The van der Waals surface area contributed by atoms with Gasteiger partial charge in [0.2, 0.25) is 0 Å². The summed E-state index contributed by atoms with van der Waals surface area (Å²) in [7, 11) is 0. The summed E-state index contributed by atoms with van der Waals surface area (Å²) < 4.78 is 2.21. The number of halogens is 2. The number of nitrogens with zero attached hydrogens (tertiary/aromatic N) is 4. The Hall–Kier alpha value is -2.09. The second kappa shape index (κ2) is 9.37. The molecule has 1 heterocycles. The Bertz CT molecular complexity index is 1050. The van der Waals surface area contributed by atoms with Gasteiger partial charge in [-0.15, -0.1) is 10.2 Å². The molecular formula is C21H20Cl2N4O2S. The van der Waals surface area contributed by atoms with Gasteiger partial charge in [-0.2, -0.15) is 0 Å². The minimum atomic E-state index is -0.390. The van der Waals surface area contributed by atoms with Crippen molar-refractivity contribution in [2.24, 2.45) is 0 Å². The Labute approximate surface area is 188 Å². The van der Waals surface area contributed by atoms with E-state index in [9.17, 15) is 10.1 Å². The van der Waals surface area contributed by atoms with Gasteiger partial charge in [-0.3, -0.25) is 14.7 Å². The molecule has 0 atom stereocenters. The van der Waals surface area contributed by atoms with Crippen molar-refractivity contribution in [2.75, 3.05) is 0 Å². The maximum absolute atomic E-state index is 10.9. The maximum Gasteiger partial charge on any atom is 0.269 e. The van der Waals surface area contributed by atoms with Crippen LogP contribution in [0.25, 0.3) is 11.4 Å². The summed E-state index contributed by atoms with van der Waals surface area (Å²) >= 11 is 14.1. The van der Waals surface area contributed by atoms with Gasteiger partial charge in [0.15, 0.2) is 11.0 Å². The molecule has 2 aromatic carbocycles. The van der Waals surface area contributed by atoms with Crippen LogP contribution in [0.1, 0.15) is 43.7 Å². The SMILES string of the molecule is O=[N+]([O-])c1ccc(CSc2nnc(-c3ccc(Cl)cc3Cl)n2C2CCCCC2)cc1. The first-order chi connectivity index (χ1) is 14.5. The van der Waals surface area contributed by atoms with Gasteiger partial charge in [0.1, 0.15) is 0 Å². The lowest BCUT2D eigenvalue weighted by Gasteiger charge is -2.25. The normalized spacial score (nSPS) is 14.7. The van der Waals surface area contributed by atoms with Crippen molar-refractivity contribution in [3.05, 3.63) is 68.2 Å². The third-order valence-electron chi connectivity index (χ3n) is 5.29. The molecule has 1 aliphatic carbocycles. The Balaban J connectivity index is 1.63. The van der Waals surface area contributed by atoms with E-state index in [1.54, 1.807) is 30.0 Å². The monoisotopic (exact) mass is 462 g/mol. The first-order valence-electron chi connectivity index (χ1n) is 9.79. The molecule has 0 aliphatic heterocycles. The number of aromatic nitrogens is 3. The molecule has 1 saturated carbocycles. The number of hydrogen-bond acceptors (Lipinski definition) is 5. The molecule has 1 fully saturated rings. The van der Waals surface area contributed by atoms with Crippen molar-refractivity contribution in [1.82, 2.24) is 14.8 Å². The van der Waals surface area contributed by atoms with Crippen molar-refractivity contribution >= 4 is 40.7 Å². The van der Waals surface area contributed by atoms with Crippen LogP contribution in [0.3, 0.4) is 0 Å². The molecule has 0 spiro atoms. The van der Waals surface area contributed by atoms with Gasteiger partial charge in [-0.1, -0.05) is 66.4 Å². The molecule has 3 aromatic rings. The highest BCUT2D eigenvalue weighted by Crippen LogP contribution is 2.38. The van der Waals surface area contributed by atoms with Crippen LogP contribution in [0.2, 0.25) is 10.0 Å². The van der Waals surface area contributed by atoms with Crippen LogP contribution in [0.4, 0.5) is 5.69 Å². The fraction of sp³-hybridized carbons (Fsp3) is 0.333. The maximum atomic E-state index is 10.9. The zero-order valence-corrected chi connectivity index (χ0v) is 18.5. The molecule has 0 radical (unpaired) electrons. The first kappa shape index (κ1) is 21.2. The molecule has 0 saturated heterocycles. The minimum Gasteiger partial charge on any atom is -0.299 e. The van der Waals surface area contributed by atoms with E-state index in [-0.39, 0.29) is 5.69 Å². The lowest BCUT2D eigenvalue weighted by atomic mass is 9.95. The zero-order valence-electron chi connectivity index (χ0n) is 16.1. The van der Waals surface area contributed by atoms with Gasteiger partial charge in [0, 0.05) is 34.5 Å². The fourth-order valence-electron chi connectivity index (χ4n) is 3.76. The number of hydrogen-bond donors (Lipinski definition) is 0. The van der Waals surface area contributed by atoms with Crippen LogP contribution in [0, 0.1) is 10.1 Å². The Morgan fingerprint density at radius 3 is 2.47 bits per heavy atom. The average Bonchev–Trinajstić information content (AvgIpc) is 3.17. The predicted octanol–water partition coefficient (Wildman–Crippen LogP) is 6.96. The average molecular weight is 463 g/mol. The van der Waals surface area contributed by atoms with Gasteiger partial charge in [0.25, 0.3) is 5.69 Å². The Morgan fingerprint density at radius 2 is 1.80 bits per heavy atom. The lowest BCUT2D eigenvalue weighted by Crippen LogP contribution is -2.15. The van der Waals surface area contributed by atoms with Gasteiger partial charge in [0.05, 0.1) is 9.95 Å². The third kappa shape index (κ3) is 4.63. The topological polar surface area (TPSA) is 73.8 Å². The zero-order chi connectivity index (χ0) is 21.1. The number of benzene rings is 2. The van der Waals surface area contributed by atoms with E-state index in [1.165, 1.54) is 31.4 Å². The standard InChI is InChI=1S/C21H20Cl2N4O2S/c22-15-8-11-18(19(23)12-15)20-24-25-21(26(20)16-4-2-1-3-5-16)30-13-14-6-9-17(10-7-14)27(28)29/h6-12,16H,1-5,13H2. The van der Waals surface area contributed by atoms with E-state index in [4.69, 9.17) is 23.2 Å². The Morgan fingerprint density at radius 1 is 1.07 bits per heavy atom. The molecule has 0 N–H and O–H groups in total.